The van der Waals surface area contributed by atoms with Crippen molar-refractivity contribution in [1.82, 2.24) is 5.32 Å². The summed E-state index contributed by atoms with van der Waals surface area (Å²) >= 11 is 0. The van der Waals surface area contributed by atoms with Gasteiger partial charge in [0.25, 0.3) is 5.91 Å². The molecule has 2 amide bonds. The molecule has 2 aromatic rings. The van der Waals surface area contributed by atoms with E-state index in [0.29, 0.717) is 6.54 Å². The van der Waals surface area contributed by atoms with E-state index in [1.165, 1.54) is 30.7 Å². The van der Waals surface area contributed by atoms with Gasteiger partial charge in [0.05, 0.1) is 0 Å². The molecule has 0 heterocycles. The van der Waals surface area contributed by atoms with Crippen LogP contribution in [0.5, 0.6) is 0 Å². The summed E-state index contributed by atoms with van der Waals surface area (Å²) in [7, 11) is 0. The van der Waals surface area contributed by atoms with Gasteiger partial charge in [0.15, 0.2) is 0 Å². The van der Waals surface area contributed by atoms with E-state index in [2.05, 4.69) is 26.1 Å². The maximum absolute atomic E-state index is 13.2. The van der Waals surface area contributed by atoms with E-state index in [-0.39, 0.29) is 29.3 Å². The van der Waals surface area contributed by atoms with Gasteiger partial charge in [-0.25, -0.2) is 4.39 Å². The lowest BCUT2D eigenvalue weighted by atomic mass is 9.87. The Morgan fingerprint density at radius 1 is 1.08 bits per heavy atom. The molecule has 0 radical (unpaired) electrons. The Kier molecular flexibility index (Phi) is 6.14. The van der Waals surface area contributed by atoms with Crippen LogP contribution in [0.2, 0.25) is 0 Å². The summed E-state index contributed by atoms with van der Waals surface area (Å²) in [5, 5.41) is 2.72. The molecule has 4 nitrogen and oxygen atoms in total. The van der Waals surface area contributed by atoms with Crippen molar-refractivity contribution < 1.29 is 14.0 Å². The predicted octanol–water partition coefficient (Wildman–Crippen LogP) is 3.91. The molecule has 0 unspecified atom stereocenters. The van der Waals surface area contributed by atoms with Crippen molar-refractivity contribution in [2.24, 2.45) is 0 Å². The van der Waals surface area contributed by atoms with Gasteiger partial charge in [0.2, 0.25) is 5.91 Å². The van der Waals surface area contributed by atoms with E-state index in [4.69, 9.17) is 0 Å². The zero-order chi connectivity index (χ0) is 19.3. The van der Waals surface area contributed by atoms with Crippen molar-refractivity contribution in [1.29, 1.82) is 0 Å². The number of carbonyl (C=O) groups excluding carboxylic acids is 2. The van der Waals surface area contributed by atoms with Gasteiger partial charge in [-0.1, -0.05) is 39.0 Å². The maximum Gasteiger partial charge on any atom is 0.251 e. The maximum atomic E-state index is 13.2. The number of amides is 2. The molecule has 0 bridgehead atoms. The van der Waals surface area contributed by atoms with E-state index >= 15 is 0 Å². The van der Waals surface area contributed by atoms with Crippen LogP contribution in [-0.4, -0.2) is 24.9 Å². The molecule has 26 heavy (non-hydrogen) atoms. The summed E-state index contributed by atoms with van der Waals surface area (Å²) in [5.74, 6) is -0.924. The molecule has 0 spiro atoms. The van der Waals surface area contributed by atoms with Gasteiger partial charge in [-0.2, -0.15) is 0 Å². The second-order valence-electron chi connectivity index (χ2n) is 7.23. The molecular weight excluding hydrogens is 331 g/mol. The minimum absolute atomic E-state index is 0.0402. The number of rotatable bonds is 5. The molecule has 5 heteroatoms. The molecule has 2 aromatic carbocycles. The standard InChI is InChI=1S/C21H25FN2O2/c1-15(25)24(19-10-8-17(9-11-19)21(2,3)4)13-12-23-20(26)16-6-5-7-18(22)14-16/h5-11,14H,12-13H2,1-4H3,(H,23,26). The highest BCUT2D eigenvalue weighted by atomic mass is 19.1. The number of benzene rings is 2. The number of hydrogen-bond donors (Lipinski definition) is 1. The van der Waals surface area contributed by atoms with Crippen LogP contribution in [0.25, 0.3) is 0 Å². The predicted molar refractivity (Wildman–Crippen MR) is 102 cm³/mol. The number of nitrogens with zero attached hydrogens (tertiary/aromatic N) is 1. The number of carbonyl (C=O) groups is 2. The number of nitrogens with one attached hydrogen (secondary N) is 1. The molecule has 1 N–H and O–H groups in total. The monoisotopic (exact) mass is 356 g/mol. The lowest BCUT2D eigenvalue weighted by molar-refractivity contribution is -0.116. The Bertz CT molecular complexity index is 779. The van der Waals surface area contributed by atoms with Crippen LogP contribution < -0.4 is 10.2 Å². The van der Waals surface area contributed by atoms with Crippen LogP contribution in [0, 0.1) is 5.82 Å². The van der Waals surface area contributed by atoms with Crippen molar-refractivity contribution in [3.63, 3.8) is 0 Å². The van der Waals surface area contributed by atoms with Crippen molar-refractivity contribution >= 4 is 17.5 Å². The first-order chi connectivity index (χ1) is 12.2. The molecule has 0 aliphatic rings. The van der Waals surface area contributed by atoms with Crippen LogP contribution in [-0.2, 0) is 10.2 Å². The van der Waals surface area contributed by atoms with E-state index in [0.717, 1.165) is 5.69 Å². The Morgan fingerprint density at radius 3 is 2.27 bits per heavy atom. The Labute approximate surface area is 154 Å². The van der Waals surface area contributed by atoms with E-state index < -0.39 is 5.82 Å². The second-order valence-corrected chi connectivity index (χ2v) is 7.23. The number of hydrogen-bond acceptors (Lipinski definition) is 2. The lowest BCUT2D eigenvalue weighted by Crippen LogP contribution is -2.37. The molecule has 0 aliphatic heterocycles. The van der Waals surface area contributed by atoms with Gasteiger partial charge in [0, 0.05) is 31.3 Å². The highest BCUT2D eigenvalue weighted by Crippen LogP contribution is 2.25. The zero-order valence-corrected chi connectivity index (χ0v) is 15.7. The first-order valence-corrected chi connectivity index (χ1v) is 8.61. The fourth-order valence-electron chi connectivity index (χ4n) is 2.62. The Morgan fingerprint density at radius 2 is 1.73 bits per heavy atom. The first kappa shape index (κ1) is 19.6. The van der Waals surface area contributed by atoms with Crippen molar-refractivity contribution in [3.05, 3.63) is 65.5 Å². The van der Waals surface area contributed by atoms with E-state index in [9.17, 15) is 14.0 Å². The summed E-state index contributed by atoms with van der Waals surface area (Å²) in [4.78, 5) is 25.6. The third-order valence-corrected chi connectivity index (χ3v) is 4.13. The van der Waals surface area contributed by atoms with Gasteiger partial charge in [-0.15, -0.1) is 0 Å². The van der Waals surface area contributed by atoms with Crippen LogP contribution >= 0.6 is 0 Å². The van der Waals surface area contributed by atoms with Gasteiger partial charge >= 0.3 is 0 Å². The summed E-state index contributed by atoms with van der Waals surface area (Å²) in [6, 6.07) is 13.4. The van der Waals surface area contributed by atoms with E-state index in [1.807, 2.05) is 24.3 Å². The van der Waals surface area contributed by atoms with Crippen LogP contribution in [0.3, 0.4) is 0 Å². The fraction of sp³-hybridized carbons (Fsp3) is 0.333. The van der Waals surface area contributed by atoms with Gasteiger partial charge in [-0.05, 0) is 41.3 Å². The molecule has 0 aliphatic carbocycles. The number of anilines is 1. The van der Waals surface area contributed by atoms with E-state index in [1.54, 1.807) is 11.0 Å². The molecule has 138 valence electrons. The average Bonchev–Trinajstić information content (AvgIpc) is 2.57. The quantitative estimate of drug-likeness (QED) is 0.883. The van der Waals surface area contributed by atoms with Crippen molar-refractivity contribution in [2.75, 3.05) is 18.0 Å². The summed E-state index contributed by atoms with van der Waals surface area (Å²) in [6.45, 7) is 8.50. The van der Waals surface area contributed by atoms with Gasteiger partial charge in [0.1, 0.15) is 5.82 Å². The molecule has 2 rings (SSSR count). The smallest absolute Gasteiger partial charge is 0.251 e. The van der Waals surface area contributed by atoms with Crippen molar-refractivity contribution in [2.45, 2.75) is 33.1 Å². The molecule has 0 saturated carbocycles. The Balaban J connectivity index is 2.00. The first-order valence-electron chi connectivity index (χ1n) is 8.61. The molecule has 0 atom stereocenters. The topological polar surface area (TPSA) is 49.4 Å². The number of halogens is 1. The highest BCUT2D eigenvalue weighted by molar-refractivity contribution is 5.94. The van der Waals surface area contributed by atoms with Gasteiger partial charge in [-0.3, -0.25) is 9.59 Å². The molecule has 0 aromatic heterocycles. The largest absolute Gasteiger partial charge is 0.350 e. The molecular formula is C21H25FN2O2. The summed E-state index contributed by atoms with van der Waals surface area (Å²) in [5.41, 5.74) is 2.27. The lowest BCUT2D eigenvalue weighted by Gasteiger charge is -2.24. The second kappa shape index (κ2) is 8.13. The van der Waals surface area contributed by atoms with Crippen LogP contribution in [0.15, 0.2) is 48.5 Å². The third kappa shape index (κ3) is 5.15. The minimum Gasteiger partial charge on any atom is -0.350 e. The zero-order valence-electron chi connectivity index (χ0n) is 15.7. The molecule has 0 fully saturated rings. The van der Waals surface area contributed by atoms with Crippen LogP contribution in [0.1, 0.15) is 43.6 Å². The van der Waals surface area contributed by atoms with Gasteiger partial charge < -0.3 is 10.2 Å². The summed E-state index contributed by atoms with van der Waals surface area (Å²) < 4.78 is 13.2. The average molecular weight is 356 g/mol. The molecule has 0 saturated heterocycles. The highest BCUT2D eigenvalue weighted by Gasteiger charge is 2.16. The third-order valence-electron chi connectivity index (χ3n) is 4.13. The normalized spacial score (nSPS) is 11.1. The SMILES string of the molecule is CC(=O)N(CCNC(=O)c1cccc(F)c1)c1ccc(C(C)(C)C)cc1. The Hall–Kier alpha value is -2.69. The fourth-order valence-corrected chi connectivity index (χ4v) is 2.62. The van der Waals surface area contributed by atoms with Crippen molar-refractivity contribution in [3.8, 4) is 0 Å². The minimum atomic E-state index is -0.457. The summed E-state index contributed by atoms with van der Waals surface area (Å²) in [6.07, 6.45) is 0. The van der Waals surface area contributed by atoms with Crippen LogP contribution in [0.4, 0.5) is 10.1 Å².